The van der Waals surface area contributed by atoms with Gasteiger partial charge in [-0.3, -0.25) is 19.9 Å². The summed E-state index contributed by atoms with van der Waals surface area (Å²) in [5.74, 6) is 0.0273. The minimum Gasteiger partial charge on any atom is -0.295 e. The van der Waals surface area contributed by atoms with Gasteiger partial charge in [0.15, 0.2) is 0 Å². The van der Waals surface area contributed by atoms with Gasteiger partial charge in [-0.25, -0.2) is 0 Å². The van der Waals surface area contributed by atoms with Crippen molar-refractivity contribution in [2.45, 2.75) is 5.75 Å². The predicted octanol–water partition coefficient (Wildman–Crippen LogP) is 4.28. The molecule has 0 saturated heterocycles. The smallest absolute Gasteiger partial charge is 0.269 e. The highest BCUT2D eigenvalue weighted by molar-refractivity contribution is 7.83. The molecule has 1 unspecified atom stereocenters. The molecule has 0 aliphatic heterocycles. The minimum absolute atomic E-state index is 0.290. The lowest BCUT2D eigenvalue weighted by Gasteiger charge is -2.12. The second-order valence-corrected chi connectivity index (χ2v) is 7.43. The van der Waals surface area contributed by atoms with Gasteiger partial charge in [0, 0.05) is 33.4 Å². The number of hydrogen-bond acceptors (Lipinski definition) is 3. The van der Waals surface area contributed by atoms with Gasteiger partial charge in [-0.15, -0.1) is 0 Å². The monoisotopic (exact) mass is 390 g/mol. The number of halogens is 3. The van der Waals surface area contributed by atoms with Crippen molar-refractivity contribution in [1.29, 1.82) is 0 Å². The van der Waals surface area contributed by atoms with Crippen molar-refractivity contribution < 1.29 is 9.00 Å². The summed E-state index contributed by atoms with van der Waals surface area (Å²) in [6, 6.07) is 9.92. The van der Waals surface area contributed by atoms with Crippen LogP contribution in [-0.4, -0.2) is 16.4 Å². The Balaban J connectivity index is 2.10. The fourth-order valence-corrected chi connectivity index (χ4v) is 3.45. The van der Waals surface area contributed by atoms with Crippen molar-refractivity contribution in [3.8, 4) is 0 Å². The van der Waals surface area contributed by atoms with Gasteiger partial charge in [-0.1, -0.05) is 46.9 Å². The van der Waals surface area contributed by atoms with Crippen molar-refractivity contribution in [2.24, 2.45) is 0 Å². The Morgan fingerprint density at radius 2 is 1.78 bits per heavy atom. The second kappa shape index (κ2) is 8.02. The summed E-state index contributed by atoms with van der Waals surface area (Å²) in [5.41, 5.74) is 6.82. The molecule has 2 N–H and O–H groups in total. The van der Waals surface area contributed by atoms with Gasteiger partial charge in [0.1, 0.15) is 0 Å². The summed E-state index contributed by atoms with van der Waals surface area (Å²) >= 11 is 17.9. The summed E-state index contributed by atoms with van der Waals surface area (Å²) in [4.78, 5) is 12.2. The Labute approximate surface area is 151 Å². The van der Waals surface area contributed by atoms with E-state index >= 15 is 0 Å². The summed E-state index contributed by atoms with van der Waals surface area (Å²) in [7, 11) is -0.975. The molecular formula is C15H13Cl3N2O2S. The number of anilines is 1. The van der Waals surface area contributed by atoms with Crippen LogP contribution in [0.1, 0.15) is 15.9 Å². The highest BCUT2D eigenvalue weighted by Gasteiger charge is 2.11. The molecule has 1 atom stereocenters. The van der Waals surface area contributed by atoms with Gasteiger partial charge in [0.05, 0.1) is 15.7 Å². The molecule has 2 aromatic carbocycles. The predicted molar refractivity (Wildman–Crippen MR) is 96.8 cm³/mol. The number of amides is 1. The van der Waals surface area contributed by atoms with Crippen LogP contribution in [0.5, 0.6) is 0 Å². The van der Waals surface area contributed by atoms with Crippen molar-refractivity contribution in [3.05, 3.63) is 62.6 Å². The van der Waals surface area contributed by atoms with E-state index in [-0.39, 0.29) is 16.0 Å². The molecule has 8 heteroatoms. The van der Waals surface area contributed by atoms with E-state index in [4.69, 9.17) is 34.8 Å². The number of hydrazine groups is 1. The highest BCUT2D eigenvalue weighted by atomic mass is 35.5. The maximum Gasteiger partial charge on any atom is 0.269 e. The number of rotatable bonds is 5. The lowest BCUT2D eigenvalue weighted by atomic mass is 10.1. The number of benzene rings is 2. The first-order valence-corrected chi connectivity index (χ1v) is 9.33. The Hall–Kier alpha value is -1.27. The molecule has 122 valence electrons. The summed E-state index contributed by atoms with van der Waals surface area (Å²) < 4.78 is 11.3. The Morgan fingerprint density at radius 1 is 1.13 bits per heavy atom. The largest absolute Gasteiger partial charge is 0.295 e. The lowest BCUT2D eigenvalue weighted by Crippen LogP contribution is -2.29. The van der Waals surface area contributed by atoms with E-state index < -0.39 is 10.8 Å². The van der Waals surface area contributed by atoms with Crippen molar-refractivity contribution >= 4 is 57.2 Å². The number of nitrogens with one attached hydrogen (secondary N) is 2. The summed E-state index contributed by atoms with van der Waals surface area (Å²) in [5, 5.41) is 0.980. The SMILES string of the molecule is CS(=O)Cc1cccc(C(=O)NNc2c(Cl)cc(Cl)cc2Cl)c1. The van der Waals surface area contributed by atoms with Crippen LogP contribution < -0.4 is 10.9 Å². The van der Waals surface area contributed by atoms with E-state index in [9.17, 15) is 9.00 Å². The standard InChI is InChI=1S/C15H13Cl3N2O2S/c1-23(22)8-9-3-2-4-10(5-9)15(21)20-19-14-12(17)6-11(16)7-13(14)18/h2-7,19H,8H2,1H3,(H,20,21). The van der Waals surface area contributed by atoms with Crippen LogP contribution in [0.25, 0.3) is 0 Å². The van der Waals surface area contributed by atoms with E-state index in [1.54, 1.807) is 24.5 Å². The lowest BCUT2D eigenvalue weighted by molar-refractivity contribution is 0.0962. The van der Waals surface area contributed by atoms with E-state index in [2.05, 4.69) is 10.9 Å². The maximum atomic E-state index is 12.2. The van der Waals surface area contributed by atoms with Crippen molar-refractivity contribution in [2.75, 3.05) is 11.7 Å². The Morgan fingerprint density at radius 3 is 2.39 bits per heavy atom. The molecule has 2 rings (SSSR count). The summed E-state index contributed by atoms with van der Waals surface area (Å²) in [6.45, 7) is 0. The zero-order valence-corrected chi connectivity index (χ0v) is 15.1. The average Bonchev–Trinajstić information content (AvgIpc) is 2.45. The highest BCUT2D eigenvalue weighted by Crippen LogP contribution is 2.33. The van der Waals surface area contributed by atoms with Crippen LogP contribution in [-0.2, 0) is 16.6 Å². The molecule has 0 fully saturated rings. The van der Waals surface area contributed by atoms with Gasteiger partial charge in [0.2, 0.25) is 0 Å². The van der Waals surface area contributed by atoms with Crippen LogP contribution in [0.3, 0.4) is 0 Å². The van der Waals surface area contributed by atoms with Gasteiger partial charge in [-0.05, 0) is 29.8 Å². The third-order valence-electron chi connectivity index (χ3n) is 2.87. The van der Waals surface area contributed by atoms with Crippen LogP contribution >= 0.6 is 34.8 Å². The molecule has 0 bridgehead atoms. The van der Waals surface area contributed by atoms with Crippen LogP contribution in [0.15, 0.2) is 36.4 Å². The summed E-state index contributed by atoms with van der Waals surface area (Å²) in [6.07, 6.45) is 1.61. The molecule has 0 radical (unpaired) electrons. The quantitative estimate of drug-likeness (QED) is 0.748. The van der Waals surface area contributed by atoms with E-state index in [0.29, 0.717) is 22.0 Å². The fraction of sp³-hybridized carbons (Fsp3) is 0.133. The zero-order valence-electron chi connectivity index (χ0n) is 12.0. The van der Waals surface area contributed by atoms with E-state index in [0.717, 1.165) is 5.56 Å². The molecule has 23 heavy (non-hydrogen) atoms. The van der Waals surface area contributed by atoms with Crippen LogP contribution in [0.4, 0.5) is 5.69 Å². The topological polar surface area (TPSA) is 58.2 Å². The van der Waals surface area contributed by atoms with E-state index in [1.807, 2.05) is 6.07 Å². The average molecular weight is 392 g/mol. The van der Waals surface area contributed by atoms with Gasteiger partial charge >= 0.3 is 0 Å². The first kappa shape index (κ1) is 18.1. The molecule has 0 aliphatic rings. The third kappa shape index (κ3) is 5.11. The van der Waals surface area contributed by atoms with Crippen LogP contribution in [0, 0.1) is 0 Å². The molecule has 4 nitrogen and oxygen atoms in total. The van der Waals surface area contributed by atoms with Crippen molar-refractivity contribution in [3.63, 3.8) is 0 Å². The zero-order chi connectivity index (χ0) is 17.0. The molecule has 0 aliphatic carbocycles. The second-order valence-electron chi connectivity index (χ2n) is 4.74. The molecule has 0 heterocycles. The Kier molecular flexibility index (Phi) is 6.30. The van der Waals surface area contributed by atoms with Gasteiger partial charge < -0.3 is 0 Å². The van der Waals surface area contributed by atoms with Gasteiger partial charge in [0.25, 0.3) is 5.91 Å². The molecule has 0 saturated carbocycles. The van der Waals surface area contributed by atoms with Crippen molar-refractivity contribution in [1.82, 2.24) is 5.43 Å². The number of hydrogen-bond donors (Lipinski definition) is 2. The Bertz CT molecular complexity index is 745. The van der Waals surface area contributed by atoms with E-state index in [1.165, 1.54) is 12.1 Å². The maximum absolute atomic E-state index is 12.2. The molecule has 0 spiro atoms. The number of carbonyl (C=O) groups excluding carboxylic acids is 1. The normalized spacial score (nSPS) is 11.8. The first-order valence-electron chi connectivity index (χ1n) is 6.46. The molecule has 1 amide bonds. The van der Waals surface area contributed by atoms with Gasteiger partial charge in [-0.2, -0.15) is 0 Å². The fourth-order valence-electron chi connectivity index (χ4n) is 1.89. The number of carbonyl (C=O) groups is 1. The first-order chi connectivity index (χ1) is 10.9. The van der Waals surface area contributed by atoms with Crippen LogP contribution in [0.2, 0.25) is 15.1 Å². The molecular weight excluding hydrogens is 379 g/mol. The minimum atomic E-state index is -0.975. The molecule has 2 aromatic rings. The third-order valence-corrected chi connectivity index (χ3v) is 4.42. The molecule has 0 aromatic heterocycles.